The number of carbonyl (C=O) groups is 1. The van der Waals surface area contributed by atoms with E-state index in [0.29, 0.717) is 11.5 Å². The fourth-order valence-electron chi connectivity index (χ4n) is 1.19. The van der Waals surface area contributed by atoms with Crippen LogP contribution in [0.1, 0.15) is 10.4 Å². The van der Waals surface area contributed by atoms with Crippen molar-refractivity contribution in [3.05, 3.63) is 22.7 Å². The van der Waals surface area contributed by atoms with Gasteiger partial charge in [0.05, 0.1) is 6.07 Å². The van der Waals surface area contributed by atoms with Gasteiger partial charge in [0.2, 0.25) is 12.2 Å². The molecule has 1 N–H and O–H groups in total. The fraction of sp³-hybridized carbons (Fsp3) is 0.125. The predicted octanol–water partition coefficient (Wildman–Crippen LogP) is 1.60. The summed E-state index contributed by atoms with van der Waals surface area (Å²) in [5.41, 5.74) is -0.182. The van der Waals surface area contributed by atoms with Crippen molar-refractivity contribution >= 4 is 11.7 Å². The first-order valence-corrected chi connectivity index (χ1v) is 3.74. The Labute approximate surface area is 78.3 Å². The van der Waals surface area contributed by atoms with Crippen molar-refractivity contribution in [2.24, 2.45) is 0 Å². The van der Waals surface area contributed by atoms with Crippen LogP contribution in [0.25, 0.3) is 4.98 Å². The molecule has 0 spiro atoms. The largest absolute Gasteiger partial charge is 0.477 e. The van der Waals surface area contributed by atoms with Crippen LogP contribution in [0, 0.1) is 5.39 Å². The molecule has 0 saturated carbocycles. The lowest BCUT2D eigenvalue weighted by molar-refractivity contribution is 0.0697. The molecule has 0 aliphatic carbocycles. The van der Waals surface area contributed by atoms with Gasteiger partial charge in [0, 0.05) is 6.07 Å². The van der Waals surface area contributed by atoms with Gasteiger partial charge < -0.3 is 14.6 Å². The normalized spacial score (nSPS) is 12.2. The maximum absolute atomic E-state index is 10.7. The Balaban J connectivity index is 2.61. The summed E-state index contributed by atoms with van der Waals surface area (Å²) >= 11 is 0. The molecular formula is C8H5N2O4+. The zero-order valence-electron chi connectivity index (χ0n) is 6.93. The number of nitrogens with zero attached hydrogens (tertiary/aromatic N) is 2. The number of hydrogen-bond acceptors (Lipinski definition) is 4. The molecule has 0 atom stereocenters. The first kappa shape index (κ1) is 8.31. The van der Waals surface area contributed by atoms with Gasteiger partial charge in [-0.1, -0.05) is 0 Å². The van der Waals surface area contributed by atoms with E-state index in [9.17, 15) is 4.79 Å². The second-order valence-electron chi connectivity index (χ2n) is 2.63. The Hall–Kier alpha value is -2.29. The number of benzene rings is 1. The lowest BCUT2D eigenvalue weighted by Gasteiger charge is -1.94. The van der Waals surface area contributed by atoms with E-state index >= 15 is 0 Å². The first-order chi connectivity index (χ1) is 6.72. The molecule has 0 unspecified atom stereocenters. The molecule has 14 heavy (non-hydrogen) atoms. The molecular weight excluding hydrogens is 188 g/mol. The van der Waals surface area contributed by atoms with Crippen LogP contribution in [0.5, 0.6) is 11.5 Å². The van der Waals surface area contributed by atoms with E-state index in [1.807, 2.05) is 0 Å². The third-order valence-electron chi connectivity index (χ3n) is 1.83. The van der Waals surface area contributed by atoms with Crippen molar-refractivity contribution in [1.82, 2.24) is 0 Å². The molecule has 6 nitrogen and oxygen atoms in total. The second kappa shape index (κ2) is 2.88. The van der Waals surface area contributed by atoms with E-state index in [-0.39, 0.29) is 18.0 Å². The molecule has 0 amide bonds. The highest BCUT2D eigenvalue weighted by Gasteiger charge is 2.27. The quantitative estimate of drug-likeness (QED) is 0.684. The highest BCUT2D eigenvalue weighted by molar-refractivity contribution is 5.95. The van der Waals surface area contributed by atoms with Crippen LogP contribution in [-0.2, 0) is 0 Å². The van der Waals surface area contributed by atoms with Crippen LogP contribution in [0.2, 0.25) is 0 Å². The van der Waals surface area contributed by atoms with Gasteiger partial charge in [-0.3, -0.25) is 0 Å². The fourth-order valence-corrected chi connectivity index (χ4v) is 1.19. The molecule has 1 aromatic rings. The van der Waals surface area contributed by atoms with Crippen molar-refractivity contribution in [3.8, 4) is 11.5 Å². The highest BCUT2D eigenvalue weighted by Crippen LogP contribution is 2.38. The summed E-state index contributed by atoms with van der Waals surface area (Å²) in [6.07, 6.45) is 0. The summed E-state index contributed by atoms with van der Waals surface area (Å²) in [6, 6.07) is 2.57. The summed E-state index contributed by atoms with van der Waals surface area (Å²) in [4.78, 5) is 13.6. The van der Waals surface area contributed by atoms with E-state index < -0.39 is 5.97 Å². The minimum atomic E-state index is -1.18. The number of ether oxygens (including phenoxy) is 2. The zero-order valence-corrected chi connectivity index (χ0v) is 6.93. The monoisotopic (exact) mass is 193 g/mol. The maximum atomic E-state index is 10.7. The van der Waals surface area contributed by atoms with Crippen molar-refractivity contribution in [2.75, 3.05) is 6.79 Å². The topological polar surface area (TPSA) is 83.9 Å². The average molecular weight is 193 g/mol. The average Bonchev–Trinajstić information content (AvgIpc) is 2.62. The summed E-state index contributed by atoms with van der Waals surface area (Å²) in [5.74, 6) is -0.464. The van der Waals surface area contributed by atoms with Crippen molar-refractivity contribution < 1.29 is 19.4 Å². The molecule has 0 radical (unpaired) electrons. The van der Waals surface area contributed by atoms with Gasteiger partial charge in [0.15, 0.2) is 22.0 Å². The molecule has 1 aliphatic rings. The van der Waals surface area contributed by atoms with Crippen molar-refractivity contribution in [1.29, 1.82) is 5.39 Å². The summed E-state index contributed by atoms with van der Waals surface area (Å²) in [6.45, 7) is 0.0449. The Morgan fingerprint density at radius 3 is 2.64 bits per heavy atom. The van der Waals surface area contributed by atoms with E-state index in [1.54, 1.807) is 0 Å². The van der Waals surface area contributed by atoms with Gasteiger partial charge in [0.25, 0.3) is 0 Å². The van der Waals surface area contributed by atoms with Gasteiger partial charge >= 0.3 is 11.7 Å². The summed E-state index contributed by atoms with van der Waals surface area (Å²) < 4.78 is 9.97. The maximum Gasteiger partial charge on any atom is 0.403 e. The van der Waals surface area contributed by atoms with Crippen LogP contribution in [0.3, 0.4) is 0 Å². The molecule has 1 aliphatic heterocycles. The van der Waals surface area contributed by atoms with Crippen LogP contribution >= 0.6 is 0 Å². The SMILES string of the molecule is N#[N+]c1cc2c(cc1C(=O)O)OCO2. The van der Waals surface area contributed by atoms with Crippen LogP contribution in [0.15, 0.2) is 12.1 Å². The number of rotatable bonds is 1. The molecule has 6 heteroatoms. The van der Waals surface area contributed by atoms with Crippen LogP contribution in [0.4, 0.5) is 5.69 Å². The Kier molecular flexibility index (Phi) is 1.71. The van der Waals surface area contributed by atoms with Gasteiger partial charge in [-0.15, -0.1) is 0 Å². The predicted molar refractivity (Wildman–Crippen MR) is 44.3 cm³/mol. The first-order valence-electron chi connectivity index (χ1n) is 3.74. The standard InChI is InChI=1S/C8H4N2O4/c9-10-5-2-7-6(13-3-14-7)1-4(5)8(11)12/h1-2H,3H2/p+1. The van der Waals surface area contributed by atoms with E-state index in [2.05, 4.69) is 4.98 Å². The number of aromatic carboxylic acids is 1. The Morgan fingerprint density at radius 2 is 2.07 bits per heavy atom. The Morgan fingerprint density at radius 1 is 1.43 bits per heavy atom. The molecule has 1 aromatic carbocycles. The number of fused-ring (bicyclic) bond motifs is 1. The van der Waals surface area contributed by atoms with Crippen LogP contribution < -0.4 is 9.47 Å². The second-order valence-corrected chi connectivity index (χ2v) is 2.63. The minimum absolute atomic E-state index is 0.0449. The molecule has 0 aromatic heterocycles. The molecule has 1 heterocycles. The third kappa shape index (κ3) is 1.11. The van der Waals surface area contributed by atoms with Crippen molar-refractivity contribution in [3.63, 3.8) is 0 Å². The van der Waals surface area contributed by atoms with Gasteiger partial charge in [-0.2, -0.15) is 0 Å². The lowest BCUT2D eigenvalue weighted by Crippen LogP contribution is -1.96. The summed E-state index contributed by atoms with van der Waals surface area (Å²) in [5, 5.41) is 17.3. The molecule has 0 fully saturated rings. The van der Waals surface area contributed by atoms with Gasteiger partial charge in [-0.25, -0.2) is 4.79 Å². The lowest BCUT2D eigenvalue weighted by atomic mass is 10.1. The zero-order chi connectivity index (χ0) is 10.1. The van der Waals surface area contributed by atoms with E-state index in [1.165, 1.54) is 12.1 Å². The molecule has 0 saturated heterocycles. The number of diazo groups is 1. The number of hydrogen-bond donors (Lipinski definition) is 1. The molecule has 70 valence electrons. The van der Waals surface area contributed by atoms with Crippen LogP contribution in [-0.4, -0.2) is 17.9 Å². The van der Waals surface area contributed by atoms with Gasteiger partial charge in [-0.05, 0) is 0 Å². The van der Waals surface area contributed by atoms with Crippen molar-refractivity contribution in [2.45, 2.75) is 0 Å². The van der Waals surface area contributed by atoms with E-state index in [0.717, 1.165) is 0 Å². The highest BCUT2D eigenvalue weighted by atomic mass is 16.7. The number of carboxylic acids is 1. The smallest absolute Gasteiger partial charge is 0.403 e. The Bertz CT molecular complexity index is 449. The van der Waals surface area contributed by atoms with Gasteiger partial charge in [0.1, 0.15) is 0 Å². The van der Waals surface area contributed by atoms with E-state index in [4.69, 9.17) is 20.0 Å². The summed E-state index contributed by atoms with van der Waals surface area (Å²) in [7, 11) is 0. The molecule has 2 rings (SSSR count). The third-order valence-corrected chi connectivity index (χ3v) is 1.83. The minimum Gasteiger partial charge on any atom is -0.477 e. The number of carboxylic acid groups (broad SMARTS) is 1. The molecule has 0 bridgehead atoms.